The van der Waals surface area contributed by atoms with E-state index in [1.54, 1.807) is 0 Å². The zero-order valence-corrected chi connectivity index (χ0v) is 11.9. The number of nitrogens with zero attached hydrogens (tertiary/aromatic N) is 1. The van der Waals surface area contributed by atoms with Crippen molar-refractivity contribution in [3.63, 3.8) is 0 Å². The van der Waals surface area contributed by atoms with Gasteiger partial charge in [-0.3, -0.25) is 9.69 Å². The van der Waals surface area contributed by atoms with Gasteiger partial charge in [0.25, 0.3) is 5.91 Å². The van der Waals surface area contributed by atoms with Crippen LogP contribution in [0.2, 0.25) is 0 Å². The van der Waals surface area contributed by atoms with Crippen molar-refractivity contribution in [3.8, 4) is 0 Å². The molecule has 0 aromatic carbocycles. The molecular formula is C13H24N2O4. The number of amides is 1. The minimum Gasteiger partial charge on any atom is -0.480 e. The number of carbonyl (C=O) groups is 2. The molecule has 0 aromatic heterocycles. The molecule has 1 amide bonds. The molecule has 6 heteroatoms. The van der Waals surface area contributed by atoms with E-state index in [1.807, 2.05) is 20.8 Å². The molecule has 2 unspecified atom stereocenters. The third-order valence-corrected chi connectivity index (χ3v) is 3.21. The molecule has 0 radical (unpaired) electrons. The van der Waals surface area contributed by atoms with Gasteiger partial charge in [0.1, 0.15) is 12.1 Å². The van der Waals surface area contributed by atoms with E-state index in [0.717, 1.165) is 13.1 Å². The first-order chi connectivity index (χ1) is 8.93. The number of aliphatic carboxylic acids is 1. The van der Waals surface area contributed by atoms with Gasteiger partial charge in [-0.15, -0.1) is 0 Å². The van der Waals surface area contributed by atoms with Gasteiger partial charge in [-0.2, -0.15) is 0 Å². The Hall–Kier alpha value is -1.14. The van der Waals surface area contributed by atoms with E-state index in [1.165, 1.54) is 0 Å². The standard InChI is InChI=1S/C13H24N2O4/c1-4-15-5-6-19-11(8-15)12(16)14-10(13(17)18)7-9(2)3/h9-11H,4-8H2,1-3H3,(H,14,16)(H,17,18). The normalized spacial score (nSPS) is 22.2. The van der Waals surface area contributed by atoms with Gasteiger partial charge < -0.3 is 15.2 Å². The van der Waals surface area contributed by atoms with Crippen molar-refractivity contribution < 1.29 is 19.4 Å². The highest BCUT2D eigenvalue weighted by atomic mass is 16.5. The fourth-order valence-corrected chi connectivity index (χ4v) is 2.11. The van der Waals surface area contributed by atoms with Gasteiger partial charge in [-0.05, 0) is 18.9 Å². The summed E-state index contributed by atoms with van der Waals surface area (Å²) < 4.78 is 5.41. The molecule has 2 atom stereocenters. The molecule has 1 rings (SSSR count). The van der Waals surface area contributed by atoms with Crippen LogP contribution < -0.4 is 5.32 Å². The summed E-state index contributed by atoms with van der Waals surface area (Å²) in [6, 6.07) is -0.840. The summed E-state index contributed by atoms with van der Waals surface area (Å²) in [7, 11) is 0. The minimum atomic E-state index is -0.995. The zero-order chi connectivity index (χ0) is 14.4. The summed E-state index contributed by atoms with van der Waals surface area (Å²) in [5, 5.41) is 11.7. The van der Waals surface area contributed by atoms with Gasteiger partial charge in [-0.25, -0.2) is 4.79 Å². The van der Waals surface area contributed by atoms with Crippen molar-refractivity contribution in [2.24, 2.45) is 5.92 Å². The van der Waals surface area contributed by atoms with Crippen LogP contribution in [0.3, 0.4) is 0 Å². The first kappa shape index (κ1) is 15.9. The first-order valence-corrected chi connectivity index (χ1v) is 6.81. The molecule has 0 aromatic rings. The maximum absolute atomic E-state index is 12.0. The van der Waals surface area contributed by atoms with Crippen LogP contribution in [-0.4, -0.2) is 60.3 Å². The second-order valence-corrected chi connectivity index (χ2v) is 5.28. The molecule has 0 saturated carbocycles. The number of hydrogen-bond donors (Lipinski definition) is 2. The Morgan fingerprint density at radius 1 is 1.47 bits per heavy atom. The summed E-state index contributed by atoms with van der Waals surface area (Å²) in [4.78, 5) is 25.3. The lowest BCUT2D eigenvalue weighted by atomic mass is 10.0. The number of hydrogen-bond acceptors (Lipinski definition) is 4. The van der Waals surface area contributed by atoms with E-state index in [2.05, 4.69) is 10.2 Å². The average molecular weight is 272 g/mol. The van der Waals surface area contributed by atoms with Crippen molar-refractivity contribution in [2.45, 2.75) is 39.3 Å². The summed E-state index contributed by atoms with van der Waals surface area (Å²) in [5.41, 5.74) is 0. The van der Waals surface area contributed by atoms with Crippen LogP contribution in [0.5, 0.6) is 0 Å². The Balaban J connectivity index is 2.53. The number of nitrogens with one attached hydrogen (secondary N) is 1. The molecule has 0 spiro atoms. The van der Waals surface area contributed by atoms with Crippen LogP contribution in [-0.2, 0) is 14.3 Å². The van der Waals surface area contributed by atoms with Crippen LogP contribution in [0, 0.1) is 5.92 Å². The second-order valence-electron chi connectivity index (χ2n) is 5.28. The van der Waals surface area contributed by atoms with Crippen LogP contribution in [0.1, 0.15) is 27.2 Å². The molecule has 2 N–H and O–H groups in total. The molecule has 1 aliphatic heterocycles. The molecule has 6 nitrogen and oxygen atoms in total. The Kier molecular flexibility index (Phi) is 6.24. The smallest absolute Gasteiger partial charge is 0.326 e. The van der Waals surface area contributed by atoms with E-state index < -0.39 is 18.1 Å². The lowest BCUT2D eigenvalue weighted by Gasteiger charge is -2.31. The SMILES string of the molecule is CCN1CCOC(C(=O)NC(CC(C)C)C(=O)O)C1. The fourth-order valence-electron chi connectivity index (χ4n) is 2.11. The molecule has 0 bridgehead atoms. The van der Waals surface area contributed by atoms with Crippen LogP contribution in [0.25, 0.3) is 0 Å². The topological polar surface area (TPSA) is 78.9 Å². The van der Waals surface area contributed by atoms with Gasteiger partial charge in [-0.1, -0.05) is 20.8 Å². The van der Waals surface area contributed by atoms with Crippen LogP contribution in [0.4, 0.5) is 0 Å². The highest BCUT2D eigenvalue weighted by Crippen LogP contribution is 2.08. The van der Waals surface area contributed by atoms with Crippen molar-refractivity contribution in [2.75, 3.05) is 26.2 Å². The largest absolute Gasteiger partial charge is 0.480 e. The van der Waals surface area contributed by atoms with E-state index in [4.69, 9.17) is 9.84 Å². The third-order valence-electron chi connectivity index (χ3n) is 3.21. The highest BCUT2D eigenvalue weighted by molar-refractivity contribution is 5.86. The first-order valence-electron chi connectivity index (χ1n) is 6.81. The minimum absolute atomic E-state index is 0.209. The quantitative estimate of drug-likeness (QED) is 0.728. The fraction of sp³-hybridized carbons (Fsp3) is 0.846. The summed E-state index contributed by atoms with van der Waals surface area (Å²) in [5.74, 6) is -1.11. The summed E-state index contributed by atoms with van der Waals surface area (Å²) in [6.45, 7) is 8.59. The molecule has 1 saturated heterocycles. The lowest BCUT2D eigenvalue weighted by Crippen LogP contribution is -2.53. The van der Waals surface area contributed by atoms with Crippen molar-refractivity contribution >= 4 is 11.9 Å². The highest BCUT2D eigenvalue weighted by Gasteiger charge is 2.29. The van der Waals surface area contributed by atoms with Gasteiger partial charge >= 0.3 is 5.97 Å². The van der Waals surface area contributed by atoms with Gasteiger partial charge in [0.15, 0.2) is 0 Å². The lowest BCUT2D eigenvalue weighted by molar-refractivity contribution is -0.147. The maximum Gasteiger partial charge on any atom is 0.326 e. The second kappa shape index (κ2) is 7.45. The van der Waals surface area contributed by atoms with E-state index in [-0.39, 0.29) is 11.8 Å². The van der Waals surface area contributed by atoms with Crippen molar-refractivity contribution in [1.29, 1.82) is 0 Å². The average Bonchev–Trinajstić information content (AvgIpc) is 2.37. The Labute approximate surface area is 114 Å². The van der Waals surface area contributed by atoms with Crippen LogP contribution >= 0.6 is 0 Å². The molecule has 0 aliphatic carbocycles. The maximum atomic E-state index is 12.0. The predicted molar refractivity (Wildman–Crippen MR) is 70.9 cm³/mol. The number of carbonyl (C=O) groups excluding carboxylic acids is 1. The number of carboxylic acids is 1. The molecule has 1 fully saturated rings. The third kappa shape index (κ3) is 5.16. The zero-order valence-electron chi connectivity index (χ0n) is 11.9. The van der Waals surface area contributed by atoms with Gasteiger partial charge in [0, 0.05) is 13.1 Å². The number of ether oxygens (including phenoxy) is 1. The molecule has 19 heavy (non-hydrogen) atoms. The molecule has 1 heterocycles. The molecule has 110 valence electrons. The summed E-state index contributed by atoms with van der Waals surface area (Å²) >= 11 is 0. The van der Waals surface area contributed by atoms with Crippen LogP contribution in [0.15, 0.2) is 0 Å². The van der Waals surface area contributed by atoms with Gasteiger partial charge in [0.2, 0.25) is 0 Å². The Morgan fingerprint density at radius 3 is 2.68 bits per heavy atom. The number of rotatable bonds is 6. The number of likely N-dealkylation sites (N-methyl/N-ethyl adjacent to an activating group) is 1. The van der Waals surface area contributed by atoms with Crippen molar-refractivity contribution in [1.82, 2.24) is 10.2 Å². The number of carboxylic acid groups (broad SMARTS) is 1. The predicted octanol–water partition coefficient (Wildman–Crippen LogP) is 0.323. The number of morpholine rings is 1. The monoisotopic (exact) mass is 272 g/mol. The van der Waals surface area contributed by atoms with E-state index >= 15 is 0 Å². The Bertz CT molecular complexity index is 320. The molecular weight excluding hydrogens is 248 g/mol. The van der Waals surface area contributed by atoms with Crippen molar-refractivity contribution in [3.05, 3.63) is 0 Å². The van der Waals surface area contributed by atoms with Gasteiger partial charge in [0.05, 0.1) is 6.61 Å². The Morgan fingerprint density at radius 2 is 2.16 bits per heavy atom. The summed E-state index contributed by atoms with van der Waals surface area (Å²) in [6.07, 6.45) is -0.145. The van der Waals surface area contributed by atoms with E-state index in [9.17, 15) is 9.59 Å². The van der Waals surface area contributed by atoms with E-state index in [0.29, 0.717) is 19.6 Å². The molecule has 1 aliphatic rings.